The molecule has 0 spiro atoms. The molecule has 0 fully saturated rings. The van der Waals surface area contributed by atoms with Gasteiger partial charge in [-0.3, -0.25) is 0 Å². The van der Waals surface area contributed by atoms with Gasteiger partial charge >= 0.3 is 0 Å². The van der Waals surface area contributed by atoms with Crippen LogP contribution in [0.1, 0.15) is 20.3 Å². The normalized spacial score (nSPS) is 9.46. The zero-order valence-corrected chi connectivity index (χ0v) is 8.62. The molecule has 0 saturated heterocycles. The predicted molar refractivity (Wildman–Crippen MR) is 58.9 cm³/mol. The Morgan fingerprint density at radius 2 is 1.38 bits per heavy atom. The minimum Gasteiger partial charge on any atom is -0.356 e. The number of aryl methyl sites for hydroxylation is 1. The fourth-order valence-corrected chi connectivity index (χ4v) is 1.22. The van der Waals surface area contributed by atoms with Crippen LogP contribution < -0.4 is 0 Å². The molecule has 0 bridgehead atoms. The fraction of sp³-hybridized carbons (Fsp3) is 0.333. The van der Waals surface area contributed by atoms with E-state index in [0.717, 1.165) is 0 Å². The lowest BCUT2D eigenvalue weighted by atomic mass is 10.2. The molecule has 13 heavy (non-hydrogen) atoms. The lowest BCUT2D eigenvalue weighted by molar-refractivity contribution is 0.933. The maximum absolute atomic E-state index is 2.12. The van der Waals surface area contributed by atoms with E-state index in [2.05, 4.69) is 55.1 Å². The largest absolute Gasteiger partial charge is 0.356 e. The van der Waals surface area contributed by atoms with Crippen LogP contribution >= 0.6 is 0 Å². The van der Waals surface area contributed by atoms with E-state index >= 15 is 0 Å². The molecule has 0 radical (unpaired) electrons. The molecule has 0 atom stereocenters. The number of rotatable bonds is 0. The standard InChI is InChI=1S/C9H9N.C3H8/c1-10-6-8-4-2-3-5-9(8)7-10;1-3-2/h2-7H,1H3;3H2,1-2H3. The van der Waals surface area contributed by atoms with Crippen LogP contribution in [0.5, 0.6) is 0 Å². The molecule has 0 N–H and O–H groups in total. The summed E-state index contributed by atoms with van der Waals surface area (Å²) >= 11 is 0. The van der Waals surface area contributed by atoms with Crippen molar-refractivity contribution in [2.75, 3.05) is 0 Å². The molecule has 0 unspecified atom stereocenters. The molecule has 1 aromatic heterocycles. The summed E-state index contributed by atoms with van der Waals surface area (Å²) in [5.74, 6) is 0. The van der Waals surface area contributed by atoms with Crippen molar-refractivity contribution in [2.24, 2.45) is 7.05 Å². The first-order chi connectivity index (χ1) is 6.27. The highest BCUT2D eigenvalue weighted by Gasteiger charge is 1.91. The topological polar surface area (TPSA) is 4.93 Å². The summed E-state index contributed by atoms with van der Waals surface area (Å²) in [5.41, 5.74) is 0. The zero-order valence-electron chi connectivity index (χ0n) is 8.62. The van der Waals surface area contributed by atoms with Gasteiger partial charge in [0.1, 0.15) is 0 Å². The first-order valence-electron chi connectivity index (χ1n) is 4.78. The Morgan fingerprint density at radius 1 is 1.00 bits per heavy atom. The second kappa shape index (κ2) is 4.70. The third-order valence-corrected chi connectivity index (χ3v) is 1.68. The van der Waals surface area contributed by atoms with Crippen molar-refractivity contribution >= 4 is 10.8 Å². The molecular weight excluding hydrogens is 158 g/mol. The van der Waals surface area contributed by atoms with E-state index in [4.69, 9.17) is 0 Å². The summed E-state index contributed by atoms with van der Waals surface area (Å²) in [6.07, 6.45) is 5.49. The number of hydrogen-bond donors (Lipinski definition) is 0. The quantitative estimate of drug-likeness (QED) is 0.576. The summed E-state index contributed by atoms with van der Waals surface area (Å²) in [6, 6.07) is 8.36. The summed E-state index contributed by atoms with van der Waals surface area (Å²) in [7, 11) is 2.04. The van der Waals surface area contributed by atoms with Crippen molar-refractivity contribution in [2.45, 2.75) is 20.3 Å². The molecule has 2 rings (SSSR count). The summed E-state index contributed by atoms with van der Waals surface area (Å²) in [4.78, 5) is 0. The summed E-state index contributed by atoms with van der Waals surface area (Å²) < 4.78 is 2.07. The van der Waals surface area contributed by atoms with E-state index in [-0.39, 0.29) is 0 Å². The zero-order chi connectivity index (χ0) is 9.68. The number of nitrogens with zero attached hydrogens (tertiary/aromatic N) is 1. The van der Waals surface area contributed by atoms with Crippen molar-refractivity contribution in [1.29, 1.82) is 0 Å². The number of aromatic nitrogens is 1. The third kappa shape index (κ3) is 2.62. The van der Waals surface area contributed by atoms with Gasteiger partial charge in [-0.2, -0.15) is 0 Å². The van der Waals surface area contributed by atoms with Gasteiger partial charge in [0.05, 0.1) is 0 Å². The molecule has 0 aliphatic heterocycles. The monoisotopic (exact) mass is 175 g/mol. The Balaban J connectivity index is 0.000000251. The highest BCUT2D eigenvalue weighted by molar-refractivity contribution is 5.81. The Bertz CT molecular complexity index is 327. The first-order valence-corrected chi connectivity index (χ1v) is 4.78. The SMILES string of the molecule is CCC.Cn1cc2ccccc2c1. The van der Waals surface area contributed by atoms with E-state index in [1.54, 1.807) is 0 Å². The van der Waals surface area contributed by atoms with Crippen LogP contribution in [0.3, 0.4) is 0 Å². The molecule has 1 heteroatoms. The number of fused-ring (bicyclic) bond motifs is 1. The fourth-order valence-electron chi connectivity index (χ4n) is 1.22. The third-order valence-electron chi connectivity index (χ3n) is 1.68. The lowest BCUT2D eigenvalue weighted by Gasteiger charge is -1.81. The minimum absolute atomic E-state index is 1.25. The maximum Gasteiger partial charge on any atom is 0.0111 e. The van der Waals surface area contributed by atoms with Gasteiger partial charge in [0.15, 0.2) is 0 Å². The van der Waals surface area contributed by atoms with Crippen molar-refractivity contribution in [3.63, 3.8) is 0 Å². The van der Waals surface area contributed by atoms with E-state index in [1.807, 2.05) is 7.05 Å². The molecule has 70 valence electrons. The van der Waals surface area contributed by atoms with Crippen LogP contribution in [0.25, 0.3) is 10.8 Å². The first kappa shape index (κ1) is 9.85. The van der Waals surface area contributed by atoms with E-state index < -0.39 is 0 Å². The van der Waals surface area contributed by atoms with Crippen molar-refractivity contribution in [3.05, 3.63) is 36.7 Å². The Morgan fingerprint density at radius 3 is 1.77 bits per heavy atom. The van der Waals surface area contributed by atoms with Crippen LogP contribution in [0.2, 0.25) is 0 Å². The molecule has 0 aliphatic rings. The highest BCUT2D eigenvalue weighted by atomic mass is 14.9. The maximum atomic E-state index is 2.12. The van der Waals surface area contributed by atoms with Crippen LogP contribution in [-0.2, 0) is 7.05 Å². The molecule has 2 aromatic rings. The molecular formula is C12H17N. The highest BCUT2D eigenvalue weighted by Crippen LogP contribution is 2.12. The summed E-state index contributed by atoms with van der Waals surface area (Å²) in [5, 5.41) is 2.62. The predicted octanol–water partition coefficient (Wildman–Crippen LogP) is 3.59. The van der Waals surface area contributed by atoms with Gasteiger partial charge in [0.2, 0.25) is 0 Å². The molecule has 1 nitrogen and oxygen atoms in total. The van der Waals surface area contributed by atoms with Gasteiger partial charge in [-0.1, -0.05) is 44.5 Å². The number of hydrogen-bond acceptors (Lipinski definition) is 0. The van der Waals surface area contributed by atoms with Gasteiger partial charge in [0, 0.05) is 19.4 Å². The number of benzene rings is 1. The molecule has 1 heterocycles. The Hall–Kier alpha value is -1.24. The molecule has 0 saturated carbocycles. The van der Waals surface area contributed by atoms with Crippen LogP contribution in [0.4, 0.5) is 0 Å². The Kier molecular flexibility index (Phi) is 3.56. The van der Waals surface area contributed by atoms with Crippen molar-refractivity contribution in [3.8, 4) is 0 Å². The minimum atomic E-state index is 1.25. The molecule has 0 amide bonds. The van der Waals surface area contributed by atoms with Gasteiger partial charge < -0.3 is 4.57 Å². The van der Waals surface area contributed by atoms with Crippen molar-refractivity contribution in [1.82, 2.24) is 4.57 Å². The van der Waals surface area contributed by atoms with E-state index in [0.29, 0.717) is 0 Å². The van der Waals surface area contributed by atoms with E-state index in [9.17, 15) is 0 Å². The second-order valence-corrected chi connectivity index (χ2v) is 3.26. The van der Waals surface area contributed by atoms with Crippen LogP contribution in [-0.4, -0.2) is 4.57 Å². The average Bonchev–Trinajstić information content (AvgIpc) is 2.45. The lowest BCUT2D eigenvalue weighted by Crippen LogP contribution is -1.75. The second-order valence-electron chi connectivity index (χ2n) is 3.26. The average molecular weight is 175 g/mol. The van der Waals surface area contributed by atoms with Gasteiger partial charge in [-0.15, -0.1) is 0 Å². The summed E-state index contributed by atoms with van der Waals surface area (Å²) in [6.45, 7) is 4.25. The van der Waals surface area contributed by atoms with Gasteiger partial charge in [0.25, 0.3) is 0 Å². The van der Waals surface area contributed by atoms with E-state index in [1.165, 1.54) is 17.2 Å². The molecule has 1 aromatic carbocycles. The van der Waals surface area contributed by atoms with Crippen molar-refractivity contribution < 1.29 is 0 Å². The van der Waals surface area contributed by atoms with Gasteiger partial charge in [-0.25, -0.2) is 0 Å². The Labute approximate surface area is 80.0 Å². The van der Waals surface area contributed by atoms with Gasteiger partial charge in [-0.05, 0) is 10.8 Å². The molecule has 0 aliphatic carbocycles. The van der Waals surface area contributed by atoms with Crippen LogP contribution in [0, 0.1) is 0 Å². The van der Waals surface area contributed by atoms with Crippen LogP contribution in [0.15, 0.2) is 36.7 Å². The smallest absolute Gasteiger partial charge is 0.0111 e.